The van der Waals surface area contributed by atoms with E-state index < -0.39 is 0 Å². The normalized spacial score (nSPS) is 11.5. The van der Waals surface area contributed by atoms with Crippen LogP contribution in [0.1, 0.15) is 31.5 Å². The van der Waals surface area contributed by atoms with Crippen LogP contribution in [0, 0.1) is 0 Å². The average molecular weight is 276 g/mol. The quantitative estimate of drug-likeness (QED) is 0.731. The molecule has 0 fully saturated rings. The predicted molar refractivity (Wildman–Crippen MR) is 71.4 cm³/mol. The van der Waals surface area contributed by atoms with E-state index in [2.05, 4.69) is 15.1 Å². The molecule has 0 radical (unpaired) electrons. The Kier molecular flexibility index (Phi) is 2.90. The molecule has 0 atom stereocenters. The first-order valence-electron chi connectivity index (χ1n) is 5.90. The molecule has 0 aliphatic carbocycles. The fourth-order valence-electron chi connectivity index (χ4n) is 1.70. The van der Waals surface area contributed by atoms with Crippen molar-refractivity contribution >= 4 is 21.6 Å². The molecule has 6 nitrogen and oxygen atoms in total. The lowest BCUT2D eigenvalue weighted by molar-refractivity contribution is 0.363. The molecule has 0 saturated heterocycles. The number of aromatic nitrogens is 4. The highest BCUT2D eigenvalue weighted by atomic mass is 32.1. The zero-order valence-corrected chi connectivity index (χ0v) is 11.3. The Morgan fingerprint density at radius 3 is 3.05 bits per heavy atom. The molecule has 0 N–H and O–H groups in total. The van der Waals surface area contributed by atoms with Crippen LogP contribution in [0.15, 0.2) is 27.1 Å². The van der Waals surface area contributed by atoms with Crippen molar-refractivity contribution in [3.05, 3.63) is 39.8 Å². The van der Waals surface area contributed by atoms with Crippen LogP contribution in [0.4, 0.5) is 0 Å². The van der Waals surface area contributed by atoms with Gasteiger partial charge in [0.25, 0.3) is 5.56 Å². The Hall–Kier alpha value is -2.02. The Morgan fingerprint density at radius 1 is 1.47 bits per heavy atom. The standard InChI is InChI=1S/C12H12N4O2S/c1-7(2)11-14-9(18-15-11)5-16-6-13-8-3-4-19-10(8)12(16)17/h3-4,6-7H,5H2,1-2H3. The zero-order chi connectivity index (χ0) is 13.4. The molecular weight excluding hydrogens is 264 g/mol. The first-order chi connectivity index (χ1) is 9.15. The van der Waals surface area contributed by atoms with Gasteiger partial charge in [0.2, 0.25) is 5.89 Å². The minimum atomic E-state index is -0.0794. The lowest BCUT2D eigenvalue weighted by atomic mass is 10.2. The average Bonchev–Trinajstić information content (AvgIpc) is 3.01. The van der Waals surface area contributed by atoms with Gasteiger partial charge < -0.3 is 4.52 Å². The Morgan fingerprint density at radius 2 is 2.32 bits per heavy atom. The van der Waals surface area contributed by atoms with E-state index in [-0.39, 0.29) is 18.0 Å². The highest BCUT2D eigenvalue weighted by molar-refractivity contribution is 7.17. The van der Waals surface area contributed by atoms with Crippen LogP contribution < -0.4 is 5.56 Å². The van der Waals surface area contributed by atoms with Crippen molar-refractivity contribution in [3.63, 3.8) is 0 Å². The summed E-state index contributed by atoms with van der Waals surface area (Å²) >= 11 is 1.39. The molecule has 3 aromatic rings. The van der Waals surface area contributed by atoms with Crippen molar-refractivity contribution in [3.8, 4) is 0 Å². The molecule has 3 heterocycles. The molecule has 19 heavy (non-hydrogen) atoms. The molecule has 7 heteroatoms. The summed E-state index contributed by atoms with van der Waals surface area (Å²) in [6.45, 7) is 4.22. The van der Waals surface area contributed by atoms with E-state index in [0.29, 0.717) is 16.4 Å². The van der Waals surface area contributed by atoms with Crippen molar-refractivity contribution in [1.29, 1.82) is 0 Å². The largest absolute Gasteiger partial charge is 0.337 e. The molecule has 0 bridgehead atoms. The summed E-state index contributed by atoms with van der Waals surface area (Å²) < 4.78 is 7.26. The third-order valence-electron chi connectivity index (χ3n) is 2.74. The first-order valence-corrected chi connectivity index (χ1v) is 6.78. The van der Waals surface area contributed by atoms with Crippen LogP contribution in [0.3, 0.4) is 0 Å². The number of rotatable bonds is 3. The van der Waals surface area contributed by atoms with Gasteiger partial charge >= 0.3 is 0 Å². The number of thiophene rings is 1. The molecule has 0 saturated carbocycles. The fourth-order valence-corrected chi connectivity index (χ4v) is 2.50. The van der Waals surface area contributed by atoms with Crippen LogP contribution >= 0.6 is 11.3 Å². The summed E-state index contributed by atoms with van der Waals surface area (Å²) in [4.78, 5) is 20.7. The van der Waals surface area contributed by atoms with Gasteiger partial charge in [0, 0.05) is 5.92 Å². The van der Waals surface area contributed by atoms with E-state index in [9.17, 15) is 4.79 Å². The van der Waals surface area contributed by atoms with E-state index in [4.69, 9.17) is 4.52 Å². The van der Waals surface area contributed by atoms with Gasteiger partial charge in [-0.1, -0.05) is 19.0 Å². The summed E-state index contributed by atoms with van der Waals surface area (Å²) in [6, 6.07) is 1.83. The maximum Gasteiger partial charge on any atom is 0.271 e. The summed E-state index contributed by atoms with van der Waals surface area (Å²) in [5.74, 6) is 1.27. The minimum absolute atomic E-state index is 0.0794. The van der Waals surface area contributed by atoms with E-state index >= 15 is 0 Å². The SMILES string of the molecule is CC(C)c1noc(Cn2cnc3ccsc3c2=O)n1. The second-order valence-electron chi connectivity index (χ2n) is 4.51. The fraction of sp³-hybridized carbons (Fsp3) is 0.333. The summed E-state index contributed by atoms with van der Waals surface area (Å²) in [5.41, 5.74) is 0.643. The second-order valence-corrected chi connectivity index (χ2v) is 5.43. The van der Waals surface area contributed by atoms with Crippen molar-refractivity contribution in [2.24, 2.45) is 0 Å². The van der Waals surface area contributed by atoms with E-state index in [1.165, 1.54) is 22.2 Å². The van der Waals surface area contributed by atoms with Gasteiger partial charge in [-0.3, -0.25) is 9.36 Å². The Balaban J connectivity index is 1.96. The van der Waals surface area contributed by atoms with E-state index in [1.807, 2.05) is 25.3 Å². The summed E-state index contributed by atoms with van der Waals surface area (Å²) in [7, 11) is 0. The lowest BCUT2D eigenvalue weighted by Crippen LogP contribution is -2.20. The van der Waals surface area contributed by atoms with E-state index in [1.54, 1.807) is 0 Å². The molecule has 0 spiro atoms. The van der Waals surface area contributed by atoms with Crippen LogP contribution in [0.25, 0.3) is 10.2 Å². The van der Waals surface area contributed by atoms with Crippen LogP contribution in [-0.4, -0.2) is 19.7 Å². The second kappa shape index (κ2) is 4.58. The lowest BCUT2D eigenvalue weighted by Gasteiger charge is -2.00. The number of fused-ring (bicyclic) bond motifs is 1. The van der Waals surface area contributed by atoms with Crippen LogP contribution in [-0.2, 0) is 6.54 Å². The molecule has 3 rings (SSSR count). The highest BCUT2D eigenvalue weighted by Gasteiger charge is 2.12. The minimum Gasteiger partial charge on any atom is -0.337 e. The molecule has 0 amide bonds. The molecular formula is C12H12N4O2S. The third kappa shape index (κ3) is 2.17. The highest BCUT2D eigenvalue weighted by Crippen LogP contribution is 2.14. The topological polar surface area (TPSA) is 73.8 Å². The van der Waals surface area contributed by atoms with Gasteiger partial charge in [-0.2, -0.15) is 4.98 Å². The predicted octanol–water partition coefficient (Wildman–Crippen LogP) is 2.01. The molecule has 98 valence electrons. The Labute approximate surface area is 112 Å². The number of hydrogen-bond donors (Lipinski definition) is 0. The zero-order valence-electron chi connectivity index (χ0n) is 10.5. The Bertz CT molecular complexity index is 771. The van der Waals surface area contributed by atoms with Gasteiger partial charge in [-0.25, -0.2) is 4.98 Å². The molecule has 0 aliphatic heterocycles. The summed E-state index contributed by atoms with van der Waals surface area (Å²) in [6.07, 6.45) is 1.51. The maximum absolute atomic E-state index is 12.2. The van der Waals surface area contributed by atoms with Crippen molar-refractivity contribution in [2.75, 3.05) is 0 Å². The molecule has 0 aromatic carbocycles. The maximum atomic E-state index is 12.2. The smallest absolute Gasteiger partial charge is 0.271 e. The number of nitrogens with zero attached hydrogens (tertiary/aromatic N) is 4. The molecule has 0 unspecified atom stereocenters. The number of hydrogen-bond acceptors (Lipinski definition) is 6. The molecule has 3 aromatic heterocycles. The van der Waals surface area contributed by atoms with Gasteiger partial charge in [0.05, 0.1) is 11.8 Å². The van der Waals surface area contributed by atoms with Gasteiger partial charge in [0.1, 0.15) is 11.2 Å². The van der Waals surface area contributed by atoms with E-state index in [0.717, 1.165) is 5.52 Å². The monoisotopic (exact) mass is 276 g/mol. The van der Waals surface area contributed by atoms with Crippen molar-refractivity contribution in [2.45, 2.75) is 26.3 Å². The van der Waals surface area contributed by atoms with Crippen molar-refractivity contribution < 1.29 is 4.52 Å². The van der Waals surface area contributed by atoms with Gasteiger partial charge in [0.15, 0.2) is 5.82 Å². The summed E-state index contributed by atoms with van der Waals surface area (Å²) in [5, 5.41) is 5.73. The van der Waals surface area contributed by atoms with Gasteiger partial charge in [-0.15, -0.1) is 11.3 Å². The van der Waals surface area contributed by atoms with Crippen molar-refractivity contribution in [1.82, 2.24) is 19.7 Å². The van der Waals surface area contributed by atoms with Gasteiger partial charge in [-0.05, 0) is 11.4 Å². The third-order valence-corrected chi connectivity index (χ3v) is 3.63. The first kappa shape index (κ1) is 12.0. The molecule has 0 aliphatic rings. The van der Waals surface area contributed by atoms with Crippen LogP contribution in [0.2, 0.25) is 0 Å². The van der Waals surface area contributed by atoms with Crippen LogP contribution in [0.5, 0.6) is 0 Å².